The Hall–Kier alpha value is -2.58. The number of para-hydroxylation sites is 2. The predicted molar refractivity (Wildman–Crippen MR) is 126 cm³/mol. The molecular formula is C23H29BrN4O3. The van der Waals surface area contributed by atoms with Gasteiger partial charge in [-0.25, -0.2) is 4.98 Å². The molecule has 2 aromatic carbocycles. The van der Waals surface area contributed by atoms with E-state index in [-0.39, 0.29) is 18.1 Å². The minimum atomic E-state index is -0.317. The number of rotatable bonds is 9. The van der Waals surface area contributed by atoms with E-state index in [2.05, 4.69) is 36.5 Å². The second-order valence-electron chi connectivity index (χ2n) is 8.27. The lowest BCUT2D eigenvalue weighted by atomic mass is 10.1. The van der Waals surface area contributed by atoms with Crippen molar-refractivity contribution in [3.05, 3.63) is 52.3 Å². The van der Waals surface area contributed by atoms with Crippen molar-refractivity contribution in [2.75, 3.05) is 20.3 Å². The van der Waals surface area contributed by atoms with Gasteiger partial charge in [-0.15, -0.1) is 0 Å². The zero-order valence-electron chi connectivity index (χ0n) is 18.3. The maximum absolute atomic E-state index is 12.2. The van der Waals surface area contributed by atoms with Gasteiger partial charge >= 0.3 is 0 Å². The molecule has 0 unspecified atom stereocenters. The van der Waals surface area contributed by atoms with Crippen LogP contribution >= 0.6 is 15.9 Å². The summed E-state index contributed by atoms with van der Waals surface area (Å²) in [6.45, 7) is 6.99. The van der Waals surface area contributed by atoms with Crippen molar-refractivity contribution in [2.24, 2.45) is 0 Å². The fourth-order valence-corrected chi connectivity index (χ4v) is 3.65. The highest BCUT2D eigenvalue weighted by atomic mass is 79.9. The Morgan fingerprint density at radius 3 is 2.68 bits per heavy atom. The summed E-state index contributed by atoms with van der Waals surface area (Å²) in [4.78, 5) is 20.1. The van der Waals surface area contributed by atoms with E-state index in [1.165, 1.54) is 0 Å². The standard InChI is InChI=1S/C23H29BrN4O3/c1-23(2,3)28-21(29)14-31-22-15(16(24)9-10-19(22)30-4)13-25-12-11-20-26-17-7-5-6-8-18(17)27-20/h5-10,25H,11-14H2,1-4H3,(H,26,27)(H,28,29). The average molecular weight is 489 g/mol. The van der Waals surface area contributed by atoms with Gasteiger partial charge in [-0.3, -0.25) is 4.79 Å². The molecule has 166 valence electrons. The number of ether oxygens (including phenoxy) is 2. The van der Waals surface area contributed by atoms with Crippen molar-refractivity contribution in [1.29, 1.82) is 0 Å². The number of amides is 1. The van der Waals surface area contributed by atoms with Crippen molar-refractivity contribution in [3.63, 3.8) is 0 Å². The average Bonchev–Trinajstić information content (AvgIpc) is 3.12. The fraction of sp³-hybridized carbons (Fsp3) is 0.391. The molecule has 0 aliphatic carbocycles. The molecule has 0 saturated carbocycles. The number of benzene rings is 2. The van der Waals surface area contributed by atoms with Gasteiger partial charge in [-0.2, -0.15) is 0 Å². The number of nitrogens with one attached hydrogen (secondary N) is 3. The predicted octanol–water partition coefficient (Wildman–Crippen LogP) is 3.96. The number of halogens is 1. The minimum Gasteiger partial charge on any atom is -0.493 e. The zero-order chi connectivity index (χ0) is 22.4. The molecule has 0 atom stereocenters. The Bertz CT molecular complexity index is 1010. The number of carbonyl (C=O) groups excluding carboxylic acids is 1. The van der Waals surface area contributed by atoms with E-state index in [1.54, 1.807) is 7.11 Å². The van der Waals surface area contributed by atoms with Gasteiger partial charge in [-0.05, 0) is 45.0 Å². The van der Waals surface area contributed by atoms with Crippen molar-refractivity contribution < 1.29 is 14.3 Å². The molecule has 0 fully saturated rings. The van der Waals surface area contributed by atoms with E-state index in [1.807, 2.05) is 57.2 Å². The second-order valence-corrected chi connectivity index (χ2v) is 9.13. The van der Waals surface area contributed by atoms with Crippen molar-refractivity contribution in [1.82, 2.24) is 20.6 Å². The summed E-state index contributed by atoms with van der Waals surface area (Å²) in [5, 5.41) is 6.33. The quantitative estimate of drug-likeness (QED) is 0.396. The molecule has 3 rings (SSSR count). The van der Waals surface area contributed by atoms with E-state index in [0.717, 1.165) is 39.9 Å². The van der Waals surface area contributed by atoms with Crippen LogP contribution in [0.15, 0.2) is 40.9 Å². The lowest BCUT2D eigenvalue weighted by Crippen LogP contribution is -2.43. The monoisotopic (exact) mass is 488 g/mol. The molecule has 1 aromatic heterocycles. The van der Waals surface area contributed by atoms with Gasteiger partial charge in [-0.1, -0.05) is 28.1 Å². The molecule has 0 radical (unpaired) electrons. The molecule has 8 heteroatoms. The highest BCUT2D eigenvalue weighted by molar-refractivity contribution is 9.10. The number of imidazole rings is 1. The Kier molecular flexibility index (Phi) is 7.56. The van der Waals surface area contributed by atoms with Crippen LogP contribution in [0.2, 0.25) is 0 Å². The smallest absolute Gasteiger partial charge is 0.258 e. The molecule has 1 heterocycles. The summed E-state index contributed by atoms with van der Waals surface area (Å²) < 4.78 is 12.2. The summed E-state index contributed by atoms with van der Waals surface area (Å²) in [6.07, 6.45) is 0.764. The first kappa shape index (κ1) is 23.1. The van der Waals surface area contributed by atoms with Gasteiger partial charge in [0.2, 0.25) is 0 Å². The van der Waals surface area contributed by atoms with Crippen molar-refractivity contribution in [2.45, 2.75) is 39.3 Å². The first-order valence-corrected chi connectivity index (χ1v) is 11.0. The van der Waals surface area contributed by atoms with E-state index in [4.69, 9.17) is 9.47 Å². The van der Waals surface area contributed by atoms with E-state index in [0.29, 0.717) is 18.0 Å². The van der Waals surface area contributed by atoms with Gasteiger partial charge in [0.1, 0.15) is 5.82 Å². The second kappa shape index (κ2) is 10.2. The normalized spacial score (nSPS) is 11.5. The van der Waals surface area contributed by atoms with Crippen molar-refractivity contribution in [3.8, 4) is 11.5 Å². The van der Waals surface area contributed by atoms with Crippen LogP contribution in [0, 0.1) is 0 Å². The van der Waals surface area contributed by atoms with Crippen molar-refractivity contribution >= 4 is 32.9 Å². The number of H-pyrrole nitrogens is 1. The Morgan fingerprint density at radius 2 is 1.97 bits per heavy atom. The zero-order valence-corrected chi connectivity index (χ0v) is 19.9. The van der Waals surface area contributed by atoms with Crippen LogP contribution in [0.25, 0.3) is 11.0 Å². The minimum absolute atomic E-state index is 0.0872. The van der Waals surface area contributed by atoms with Crippen LogP contribution in [0.1, 0.15) is 32.2 Å². The molecule has 0 saturated heterocycles. The van der Waals surface area contributed by atoms with Crippen LogP contribution in [0.3, 0.4) is 0 Å². The van der Waals surface area contributed by atoms with Gasteiger partial charge in [0.25, 0.3) is 5.91 Å². The Labute approximate surface area is 191 Å². The number of hydrogen-bond acceptors (Lipinski definition) is 5. The van der Waals surface area contributed by atoms with Crippen LogP contribution in [0.5, 0.6) is 11.5 Å². The van der Waals surface area contributed by atoms with Gasteiger partial charge in [0.05, 0.1) is 18.1 Å². The van der Waals surface area contributed by atoms with Crippen LogP contribution in [0.4, 0.5) is 0 Å². The number of nitrogens with zero attached hydrogens (tertiary/aromatic N) is 1. The van der Waals surface area contributed by atoms with Gasteiger partial charge in [0, 0.05) is 35.1 Å². The SMILES string of the molecule is COc1ccc(Br)c(CNCCc2nc3ccccc3[nH]2)c1OCC(=O)NC(C)(C)C. The maximum Gasteiger partial charge on any atom is 0.258 e. The summed E-state index contributed by atoms with van der Waals surface area (Å²) in [7, 11) is 1.59. The number of aromatic amines is 1. The molecule has 0 aliphatic heterocycles. The number of methoxy groups -OCH3 is 1. The Balaban J connectivity index is 1.63. The molecule has 0 aliphatic rings. The lowest BCUT2D eigenvalue weighted by molar-refractivity contribution is -0.124. The summed E-state index contributed by atoms with van der Waals surface area (Å²) in [5.74, 6) is 1.89. The molecule has 7 nitrogen and oxygen atoms in total. The lowest BCUT2D eigenvalue weighted by Gasteiger charge is -2.21. The number of fused-ring (bicyclic) bond motifs is 1. The summed E-state index contributed by atoms with van der Waals surface area (Å²) >= 11 is 3.59. The van der Waals surface area contributed by atoms with Crippen LogP contribution < -0.4 is 20.1 Å². The largest absolute Gasteiger partial charge is 0.493 e. The molecule has 3 aromatic rings. The van der Waals surface area contributed by atoms with Crippen LogP contribution in [-0.2, 0) is 17.8 Å². The molecule has 1 amide bonds. The molecule has 0 spiro atoms. The van der Waals surface area contributed by atoms with E-state index in [9.17, 15) is 4.79 Å². The molecule has 3 N–H and O–H groups in total. The van der Waals surface area contributed by atoms with E-state index >= 15 is 0 Å². The third-order valence-corrected chi connectivity index (χ3v) is 5.27. The first-order chi connectivity index (χ1) is 14.8. The van der Waals surface area contributed by atoms with Gasteiger partial charge in [0.15, 0.2) is 18.1 Å². The highest BCUT2D eigenvalue weighted by Crippen LogP contribution is 2.36. The maximum atomic E-state index is 12.2. The number of hydrogen-bond donors (Lipinski definition) is 3. The first-order valence-electron chi connectivity index (χ1n) is 10.2. The molecular weight excluding hydrogens is 460 g/mol. The summed E-state index contributed by atoms with van der Waals surface area (Å²) in [6, 6.07) is 11.7. The third kappa shape index (κ3) is 6.45. The molecule has 0 bridgehead atoms. The van der Waals surface area contributed by atoms with E-state index < -0.39 is 0 Å². The van der Waals surface area contributed by atoms with Gasteiger partial charge < -0.3 is 25.1 Å². The highest BCUT2D eigenvalue weighted by Gasteiger charge is 2.18. The number of aromatic nitrogens is 2. The molecule has 31 heavy (non-hydrogen) atoms. The Morgan fingerprint density at radius 1 is 1.19 bits per heavy atom. The summed E-state index contributed by atoms with van der Waals surface area (Å²) in [5.41, 5.74) is 2.59. The fourth-order valence-electron chi connectivity index (χ4n) is 3.20. The number of carbonyl (C=O) groups is 1. The third-order valence-electron chi connectivity index (χ3n) is 4.53. The topological polar surface area (TPSA) is 88.3 Å². The van der Waals surface area contributed by atoms with Crippen LogP contribution in [-0.4, -0.2) is 41.7 Å².